The maximum Gasteiger partial charge on any atom is 0.235 e. The molecule has 2 aromatic rings. The number of nitrogens with zero attached hydrogens (tertiary/aromatic N) is 3. The van der Waals surface area contributed by atoms with Crippen LogP contribution in [0.4, 0.5) is 0 Å². The summed E-state index contributed by atoms with van der Waals surface area (Å²) >= 11 is 0. The number of nitrogens with one attached hydrogen (secondary N) is 1. The second-order valence-corrected chi connectivity index (χ2v) is 8.43. The lowest BCUT2D eigenvalue weighted by molar-refractivity contribution is -0.124. The molecule has 1 saturated heterocycles. The van der Waals surface area contributed by atoms with Crippen molar-refractivity contribution in [2.24, 2.45) is 0 Å². The summed E-state index contributed by atoms with van der Waals surface area (Å²) in [6.45, 7) is 4.40. The van der Waals surface area contributed by atoms with E-state index in [2.05, 4.69) is 51.1 Å². The van der Waals surface area contributed by atoms with Crippen molar-refractivity contribution in [2.75, 3.05) is 39.8 Å². The van der Waals surface area contributed by atoms with Gasteiger partial charge in [-0.05, 0) is 19.9 Å². The third kappa shape index (κ3) is 4.95. The zero-order chi connectivity index (χ0) is 20.1. The Labute approximate surface area is 173 Å². The lowest BCUT2D eigenvalue weighted by Gasteiger charge is -2.36. The van der Waals surface area contributed by atoms with Gasteiger partial charge < -0.3 is 10.2 Å². The van der Waals surface area contributed by atoms with Crippen molar-refractivity contribution >= 4 is 16.7 Å². The van der Waals surface area contributed by atoms with Gasteiger partial charge in [0, 0.05) is 49.3 Å². The molecule has 1 saturated carbocycles. The molecule has 1 aromatic carbocycles. The van der Waals surface area contributed by atoms with E-state index in [1.807, 2.05) is 24.5 Å². The van der Waals surface area contributed by atoms with Crippen molar-refractivity contribution in [3.05, 3.63) is 42.2 Å². The van der Waals surface area contributed by atoms with Gasteiger partial charge in [-0.2, -0.15) is 0 Å². The molecule has 1 aliphatic heterocycles. The molecule has 0 spiro atoms. The average molecular weight is 391 g/mol. The van der Waals surface area contributed by atoms with E-state index in [0.717, 1.165) is 68.2 Å². The maximum atomic E-state index is 12.8. The summed E-state index contributed by atoms with van der Waals surface area (Å²) in [5, 5.41) is 5.53. The van der Waals surface area contributed by atoms with Gasteiger partial charge in [-0.15, -0.1) is 0 Å². The van der Waals surface area contributed by atoms with Crippen molar-refractivity contribution in [1.29, 1.82) is 0 Å². The molecule has 2 fully saturated rings. The Morgan fingerprint density at radius 1 is 1.10 bits per heavy atom. The van der Waals surface area contributed by atoms with E-state index in [4.69, 9.17) is 0 Å². The smallest absolute Gasteiger partial charge is 0.235 e. The Morgan fingerprint density at radius 2 is 1.86 bits per heavy atom. The van der Waals surface area contributed by atoms with E-state index in [1.165, 1.54) is 6.42 Å². The third-order valence-electron chi connectivity index (χ3n) is 6.15. The fourth-order valence-electron chi connectivity index (χ4n) is 4.36. The molecule has 4 rings (SSSR count). The maximum absolute atomic E-state index is 12.8. The number of piperazine rings is 1. The number of carbonyl (C=O) groups excluding carboxylic acids is 1. The summed E-state index contributed by atoms with van der Waals surface area (Å²) in [5.74, 6) is 6.93. The van der Waals surface area contributed by atoms with Gasteiger partial charge in [-0.3, -0.25) is 14.7 Å². The summed E-state index contributed by atoms with van der Waals surface area (Å²) in [5.41, 5.74) is 0.514. The first-order valence-corrected chi connectivity index (χ1v) is 10.7. The molecule has 1 aromatic heterocycles. The van der Waals surface area contributed by atoms with E-state index >= 15 is 0 Å². The molecule has 5 heteroatoms. The first-order valence-electron chi connectivity index (χ1n) is 10.7. The van der Waals surface area contributed by atoms with Crippen LogP contribution in [0.5, 0.6) is 0 Å². The van der Waals surface area contributed by atoms with E-state index in [9.17, 15) is 4.79 Å². The predicted molar refractivity (Wildman–Crippen MR) is 117 cm³/mol. The third-order valence-corrected chi connectivity index (χ3v) is 6.15. The van der Waals surface area contributed by atoms with Crippen LogP contribution in [-0.2, 0) is 4.79 Å². The van der Waals surface area contributed by atoms with E-state index < -0.39 is 5.54 Å². The minimum atomic E-state index is -0.418. The molecule has 5 nitrogen and oxygen atoms in total. The molecule has 29 heavy (non-hydrogen) atoms. The Bertz CT molecular complexity index is 910. The van der Waals surface area contributed by atoms with Crippen LogP contribution in [0, 0.1) is 11.8 Å². The number of carbonyl (C=O) groups is 1. The quantitative estimate of drug-likeness (QED) is 0.819. The minimum Gasteiger partial charge on any atom is -0.339 e. The van der Waals surface area contributed by atoms with Crippen molar-refractivity contribution in [3.8, 4) is 11.8 Å². The Morgan fingerprint density at radius 3 is 2.66 bits per heavy atom. The predicted octanol–water partition coefficient (Wildman–Crippen LogP) is 2.65. The Balaban J connectivity index is 1.51. The number of aromatic nitrogens is 1. The lowest BCUT2D eigenvalue weighted by atomic mass is 9.82. The number of hydrogen-bond donors (Lipinski definition) is 1. The summed E-state index contributed by atoms with van der Waals surface area (Å²) in [6.07, 6.45) is 8.98. The van der Waals surface area contributed by atoms with Crippen molar-refractivity contribution in [1.82, 2.24) is 20.1 Å². The molecule has 0 unspecified atom stereocenters. The van der Waals surface area contributed by atoms with E-state index in [0.29, 0.717) is 6.54 Å². The highest BCUT2D eigenvalue weighted by Gasteiger charge is 2.32. The summed E-state index contributed by atoms with van der Waals surface area (Å²) < 4.78 is 0. The topological polar surface area (TPSA) is 48.5 Å². The number of benzene rings is 1. The van der Waals surface area contributed by atoms with Crippen LogP contribution < -0.4 is 5.32 Å². The number of amides is 1. The molecular formula is C24H30N4O. The molecule has 0 radical (unpaired) electrons. The summed E-state index contributed by atoms with van der Waals surface area (Å²) in [7, 11) is 2.13. The van der Waals surface area contributed by atoms with Crippen molar-refractivity contribution < 1.29 is 4.79 Å². The van der Waals surface area contributed by atoms with Gasteiger partial charge in [-0.25, -0.2) is 0 Å². The molecule has 2 aliphatic rings. The Kier molecular flexibility index (Phi) is 6.13. The molecule has 0 atom stereocenters. The molecule has 0 bridgehead atoms. The monoisotopic (exact) mass is 390 g/mol. The number of pyridine rings is 1. The van der Waals surface area contributed by atoms with Crippen LogP contribution >= 0.6 is 0 Å². The zero-order valence-corrected chi connectivity index (χ0v) is 17.3. The second kappa shape index (κ2) is 8.94. The van der Waals surface area contributed by atoms with Crippen molar-refractivity contribution in [2.45, 2.75) is 37.6 Å². The highest BCUT2D eigenvalue weighted by molar-refractivity contribution is 5.87. The summed E-state index contributed by atoms with van der Waals surface area (Å²) in [4.78, 5) is 21.7. The molecule has 1 N–H and O–H groups in total. The molecule has 1 aliphatic carbocycles. The van der Waals surface area contributed by atoms with E-state index in [1.54, 1.807) is 0 Å². The molecule has 1 amide bonds. The lowest BCUT2D eigenvalue weighted by Crippen LogP contribution is -2.54. The Hall–Kier alpha value is -2.42. The largest absolute Gasteiger partial charge is 0.339 e. The summed E-state index contributed by atoms with van der Waals surface area (Å²) in [6, 6.07) is 8.19. The van der Waals surface area contributed by atoms with Crippen LogP contribution in [0.15, 0.2) is 36.7 Å². The normalized spacial score (nSPS) is 20.0. The van der Waals surface area contributed by atoms with Gasteiger partial charge in [0.15, 0.2) is 0 Å². The van der Waals surface area contributed by atoms with Crippen LogP contribution in [-0.4, -0.2) is 66.0 Å². The van der Waals surface area contributed by atoms with Gasteiger partial charge in [0.2, 0.25) is 5.91 Å². The first kappa shape index (κ1) is 19.9. The van der Waals surface area contributed by atoms with Crippen LogP contribution in [0.1, 0.15) is 37.7 Å². The van der Waals surface area contributed by atoms with Gasteiger partial charge >= 0.3 is 0 Å². The first-order chi connectivity index (χ1) is 14.1. The highest BCUT2D eigenvalue weighted by atomic mass is 16.2. The fourth-order valence-corrected chi connectivity index (χ4v) is 4.36. The fraction of sp³-hybridized carbons (Fsp3) is 0.500. The minimum absolute atomic E-state index is 0.0989. The molecule has 2 heterocycles. The number of hydrogen-bond acceptors (Lipinski definition) is 4. The number of rotatable bonds is 3. The SMILES string of the molecule is CN1CCN(CC(=O)NC2(C#Cc3cncc4ccccc34)CCCCC2)CC1. The van der Waals surface area contributed by atoms with E-state index in [-0.39, 0.29) is 5.91 Å². The second-order valence-electron chi connectivity index (χ2n) is 8.43. The standard InChI is InChI=1S/C24H30N4O/c1-27-13-15-28(16-14-27)19-23(29)26-24(10-5-2-6-11-24)12-9-21-18-25-17-20-7-3-4-8-22(20)21/h3-4,7-8,17-18H,2,5-6,10-11,13-16,19H2,1H3,(H,26,29). The highest BCUT2D eigenvalue weighted by Crippen LogP contribution is 2.28. The molecular weight excluding hydrogens is 360 g/mol. The van der Waals surface area contributed by atoms with Crippen molar-refractivity contribution in [3.63, 3.8) is 0 Å². The number of likely N-dealkylation sites (N-methyl/N-ethyl adjacent to an activating group) is 1. The average Bonchev–Trinajstić information content (AvgIpc) is 2.74. The van der Waals surface area contributed by atoms with Gasteiger partial charge in [0.05, 0.1) is 12.1 Å². The van der Waals surface area contributed by atoms with Crippen LogP contribution in [0.2, 0.25) is 0 Å². The number of fused-ring (bicyclic) bond motifs is 1. The van der Waals surface area contributed by atoms with Gasteiger partial charge in [-0.1, -0.05) is 55.4 Å². The molecule has 152 valence electrons. The van der Waals surface area contributed by atoms with Gasteiger partial charge in [0.25, 0.3) is 0 Å². The van der Waals surface area contributed by atoms with Gasteiger partial charge in [0.1, 0.15) is 5.54 Å². The van der Waals surface area contributed by atoms with Crippen LogP contribution in [0.3, 0.4) is 0 Å². The zero-order valence-electron chi connectivity index (χ0n) is 17.3. The van der Waals surface area contributed by atoms with Crippen LogP contribution in [0.25, 0.3) is 10.8 Å².